The van der Waals surface area contributed by atoms with Gasteiger partial charge in [-0.1, -0.05) is 53.7 Å². The summed E-state index contributed by atoms with van der Waals surface area (Å²) in [5.74, 6) is 0. The molecule has 7 heteroatoms. The lowest BCUT2D eigenvalue weighted by Gasteiger charge is -2.17. The van der Waals surface area contributed by atoms with E-state index in [0.717, 1.165) is 33.2 Å². The van der Waals surface area contributed by atoms with Crippen molar-refractivity contribution >= 4 is 22.5 Å². The number of hydrogen-bond donors (Lipinski definition) is 3. The maximum atomic E-state index is 10.3. The molecule has 0 aliphatic carbocycles. The number of aliphatic hydroxyl groups excluding tert-OH is 3. The van der Waals surface area contributed by atoms with Crippen LogP contribution in [-0.4, -0.2) is 55.9 Å². The van der Waals surface area contributed by atoms with Gasteiger partial charge in [0, 0.05) is 16.3 Å². The highest BCUT2D eigenvalue weighted by Crippen LogP contribution is 2.39. The number of hydrogen-bond acceptors (Lipinski definition) is 7. The van der Waals surface area contributed by atoms with Crippen molar-refractivity contribution in [3.63, 3.8) is 0 Å². The molecule has 1 aliphatic heterocycles. The van der Waals surface area contributed by atoms with E-state index in [0.29, 0.717) is 5.03 Å². The van der Waals surface area contributed by atoms with Crippen molar-refractivity contribution in [2.75, 3.05) is 6.61 Å². The van der Waals surface area contributed by atoms with E-state index in [9.17, 15) is 15.3 Å². The van der Waals surface area contributed by atoms with Crippen LogP contribution < -0.4 is 0 Å². The van der Waals surface area contributed by atoms with Crippen LogP contribution in [0.15, 0.2) is 41.4 Å². The summed E-state index contributed by atoms with van der Waals surface area (Å²) in [4.78, 5) is 0. The Bertz CT molecular complexity index is 1040. The molecule has 1 fully saturated rings. The predicted molar refractivity (Wildman–Crippen MR) is 113 cm³/mol. The molecule has 1 saturated heterocycles. The van der Waals surface area contributed by atoms with Crippen molar-refractivity contribution in [2.24, 2.45) is 0 Å². The Balaban J connectivity index is 1.78. The van der Waals surface area contributed by atoms with Gasteiger partial charge < -0.3 is 20.1 Å². The van der Waals surface area contributed by atoms with Crippen molar-refractivity contribution in [3.8, 4) is 11.3 Å². The number of ether oxygens (including phenoxy) is 1. The first-order chi connectivity index (χ1) is 13.9. The highest BCUT2D eigenvalue weighted by Gasteiger charge is 2.43. The maximum Gasteiger partial charge on any atom is 0.138 e. The van der Waals surface area contributed by atoms with Gasteiger partial charge in [-0.25, -0.2) is 0 Å². The molecule has 2 aromatic carbocycles. The van der Waals surface area contributed by atoms with Crippen molar-refractivity contribution in [1.29, 1.82) is 0 Å². The molecule has 1 aliphatic rings. The number of rotatable bonds is 4. The maximum absolute atomic E-state index is 10.3. The van der Waals surface area contributed by atoms with Gasteiger partial charge >= 0.3 is 0 Å². The Morgan fingerprint density at radius 1 is 0.966 bits per heavy atom. The topological polar surface area (TPSA) is 95.7 Å². The number of aliphatic hydroxyl groups is 3. The summed E-state index contributed by atoms with van der Waals surface area (Å²) < 4.78 is 5.60. The Labute approximate surface area is 173 Å². The van der Waals surface area contributed by atoms with E-state index in [1.807, 2.05) is 24.3 Å². The van der Waals surface area contributed by atoms with Crippen LogP contribution in [0.2, 0.25) is 0 Å². The summed E-state index contributed by atoms with van der Waals surface area (Å²) in [5, 5.41) is 41.0. The number of fused-ring (bicyclic) bond motifs is 1. The van der Waals surface area contributed by atoms with Crippen LogP contribution in [0.4, 0.5) is 0 Å². The molecule has 2 heterocycles. The fourth-order valence-electron chi connectivity index (χ4n) is 3.98. The number of thioether (sulfide) groups is 1. The average molecular weight is 413 g/mol. The quantitative estimate of drug-likeness (QED) is 0.606. The molecular weight excluding hydrogens is 388 g/mol. The molecule has 0 saturated carbocycles. The van der Waals surface area contributed by atoms with E-state index in [1.165, 1.54) is 17.3 Å². The summed E-state index contributed by atoms with van der Waals surface area (Å²) >= 11 is 1.21. The number of nitrogens with zero attached hydrogens (tertiary/aromatic N) is 2. The highest BCUT2D eigenvalue weighted by atomic mass is 32.2. The first-order valence-electron chi connectivity index (χ1n) is 9.53. The summed E-state index contributed by atoms with van der Waals surface area (Å²) in [6, 6.07) is 12.2. The van der Waals surface area contributed by atoms with E-state index in [-0.39, 0.29) is 6.61 Å². The molecule has 0 amide bonds. The van der Waals surface area contributed by atoms with Gasteiger partial charge in [0.05, 0.1) is 6.61 Å². The van der Waals surface area contributed by atoms with Crippen molar-refractivity contribution in [3.05, 3.63) is 53.1 Å². The molecule has 0 radical (unpaired) electrons. The molecule has 0 unspecified atom stereocenters. The summed E-state index contributed by atoms with van der Waals surface area (Å²) in [7, 11) is 0. The molecule has 0 bridgehead atoms. The zero-order valence-corrected chi connectivity index (χ0v) is 17.3. The van der Waals surface area contributed by atoms with Crippen molar-refractivity contribution < 1.29 is 20.1 Å². The summed E-state index contributed by atoms with van der Waals surface area (Å²) in [6.07, 6.45) is -3.05. The van der Waals surface area contributed by atoms with Crippen molar-refractivity contribution in [1.82, 2.24) is 10.2 Å². The Kier molecular flexibility index (Phi) is 5.59. The van der Waals surface area contributed by atoms with E-state index in [2.05, 4.69) is 43.1 Å². The third-order valence-corrected chi connectivity index (χ3v) is 6.44. The van der Waals surface area contributed by atoms with Gasteiger partial charge in [-0.15, -0.1) is 10.2 Å². The van der Waals surface area contributed by atoms with E-state index >= 15 is 0 Å². The number of aromatic nitrogens is 2. The standard InChI is InChI=1S/C22H24N2O4S/c1-11-8-12(2)17(13(3)9-11)18-14-6-4-5-7-15(14)21(24-23-18)29-22-20(27)19(26)16(10-25)28-22/h4-9,16,19-20,22,25-27H,10H2,1-3H3/t16-,19+,20-,22+/m1/s1. The van der Waals surface area contributed by atoms with Gasteiger partial charge in [0.15, 0.2) is 0 Å². The Morgan fingerprint density at radius 2 is 1.62 bits per heavy atom. The normalized spacial score (nSPS) is 24.3. The van der Waals surface area contributed by atoms with Crippen LogP contribution >= 0.6 is 11.8 Å². The summed E-state index contributed by atoms with van der Waals surface area (Å²) in [5.41, 5.74) is 4.66. The van der Waals surface area contributed by atoms with Gasteiger partial charge in [0.1, 0.15) is 34.5 Å². The van der Waals surface area contributed by atoms with Gasteiger partial charge in [0.25, 0.3) is 0 Å². The molecule has 4 rings (SSSR count). The molecule has 4 atom stereocenters. The van der Waals surface area contributed by atoms with E-state index in [4.69, 9.17) is 4.74 Å². The largest absolute Gasteiger partial charge is 0.394 e. The number of aryl methyl sites for hydroxylation is 3. The third kappa shape index (κ3) is 3.65. The Morgan fingerprint density at radius 3 is 2.24 bits per heavy atom. The van der Waals surface area contributed by atoms with Crippen LogP contribution in [0.25, 0.3) is 22.0 Å². The molecule has 3 N–H and O–H groups in total. The Hall–Kier alpha value is -2.03. The molecule has 1 aromatic heterocycles. The second-order valence-electron chi connectivity index (χ2n) is 7.50. The molecule has 152 valence electrons. The first kappa shape index (κ1) is 20.3. The van der Waals surface area contributed by atoms with E-state index < -0.39 is 23.7 Å². The van der Waals surface area contributed by atoms with Gasteiger partial charge in [-0.05, 0) is 31.9 Å². The van der Waals surface area contributed by atoms with Crippen LogP contribution in [-0.2, 0) is 4.74 Å². The van der Waals surface area contributed by atoms with Crippen molar-refractivity contribution in [2.45, 2.75) is 49.5 Å². The van der Waals surface area contributed by atoms with Crippen LogP contribution in [0.5, 0.6) is 0 Å². The fraction of sp³-hybridized carbons (Fsp3) is 0.364. The van der Waals surface area contributed by atoms with Gasteiger partial charge in [0.2, 0.25) is 0 Å². The van der Waals surface area contributed by atoms with Gasteiger partial charge in [-0.2, -0.15) is 0 Å². The smallest absolute Gasteiger partial charge is 0.138 e. The highest BCUT2D eigenvalue weighted by molar-refractivity contribution is 8.00. The molecule has 3 aromatic rings. The minimum atomic E-state index is -1.13. The predicted octanol–water partition coefficient (Wildman–Crippen LogP) is 2.75. The second kappa shape index (κ2) is 8.01. The van der Waals surface area contributed by atoms with Crippen LogP contribution in [0.3, 0.4) is 0 Å². The minimum absolute atomic E-state index is 0.355. The second-order valence-corrected chi connectivity index (χ2v) is 8.58. The molecule has 6 nitrogen and oxygen atoms in total. The average Bonchev–Trinajstić information content (AvgIpc) is 2.96. The molecular formula is C22H24N2O4S. The van der Waals surface area contributed by atoms with Gasteiger partial charge in [-0.3, -0.25) is 0 Å². The SMILES string of the molecule is Cc1cc(C)c(-c2nnc(S[C@@H]3O[C@H](CO)[C@H](O)[C@H]3O)c3ccccc23)c(C)c1. The van der Waals surface area contributed by atoms with Crippen LogP contribution in [0.1, 0.15) is 16.7 Å². The zero-order chi connectivity index (χ0) is 20.7. The lowest BCUT2D eigenvalue weighted by Crippen LogP contribution is -2.33. The third-order valence-electron chi connectivity index (χ3n) is 5.29. The fourth-order valence-corrected chi connectivity index (χ4v) is 5.09. The van der Waals surface area contributed by atoms with Crippen LogP contribution in [0, 0.1) is 20.8 Å². The van der Waals surface area contributed by atoms with E-state index in [1.54, 1.807) is 0 Å². The lowest BCUT2D eigenvalue weighted by molar-refractivity contribution is -0.00809. The zero-order valence-electron chi connectivity index (χ0n) is 16.5. The minimum Gasteiger partial charge on any atom is -0.394 e. The molecule has 29 heavy (non-hydrogen) atoms. The molecule has 0 spiro atoms. The monoisotopic (exact) mass is 412 g/mol. The lowest BCUT2D eigenvalue weighted by atomic mass is 9.95. The first-order valence-corrected chi connectivity index (χ1v) is 10.4. The summed E-state index contributed by atoms with van der Waals surface area (Å²) in [6.45, 7) is 5.88. The number of benzene rings is 2.